The second-order valence-electron chi connectivity index (χ2n) is 22.2. The summed E-state index contributed by atoms with van der Waals surface area (Å²) in [6.07, 6.45) is 11.5. The number of halogens is 15. The summed E-state index contributed by atoms with van der Waals surface area (Å²) >= 11 is 0. The zero-order chi connectivity index (χ0) is 55.6. The molecule has 4 aliphatic rings. The highest BCUT2D eigenvalue weighted by Crippen LogP contribution is 2.68. The SMILES string of the molecule is CC(C)CCC[C@@H](C)[C@H]1CC[C@H]2[C@@H]3CC=C4C[C@@H](OC(=O)CCCCCCOc5ccc(N=Nc6ccc(OCC(F)(F)C(F)(F)C(F)(F)C(F)(F)C(F)(F)C(F)(F)C(F)(F)F)cc6)cc5)CC[C@]4(C)[C@H]3CC[C@]12C. The number of carbonyl (C=O) groups is 1. The predicted molar refractivity (Wildman–Crippen MR) is 250 cm³/mol. The van der Waals surface area contributed by atoms with Gasteiger partial charge in [0.05, 0.1) is 18.0 Å². The molecule has 2 aromatic carbocycles. The molecular formula is C54H67F15N2O4. The predicted octanol–water partition coefficient (Wildman–Crippen LogP) is 18.1. The van der Waals surface area contributed by atoms with Crippen molar-refractivity contribution in [1.82, 2.24) is 0 Å². The molecule has 3 fully saturated rings. The Hall–Kier alpha value is -4.20. The number of unbranched alkanes of at least 4 members (excludes halogenated alkanes) is 3. The van der Waals surface area contributed by atoms with E-state index in [1.54, 1.807) is 12.1 Å². The largest absolute Gasteiger partial charge is 0.494 e. The molecule has 0 aliphatic heterocycles. The number of hydrogen-bond acceptors (Lipinski definition) is 6. The lowest BCUT2D eigenvalue weighted by Crippen LogP contribution is -2.73. The number of azo groups is 1. The van der Waals surface area contributed by atoms with Crippen molar-refractivity contribution in [1.29, 1.82) is 0 Å². The van der Waals surface area contributed by atoms with Crippen LogP contribution in [-0.2, 0) is 9.53 Å². The molecule has 4 aliphatic carbocycles. The maximum absolute atomic E-state index is 14.2. The number of carbonyl (C=O) groups excluding carboxylic acids is 1. The van der Waals surface area contributed by atoms with Crippen molar-refractivity contribution >= 4 is 17.3 Å². The van der Waals surface area contributed by atoms with Gasteiger partial charge in [-0.1, -0.05) is 78.4 Å². The Kier molecular flexibility index (Phi) is 18.1. The first kappa shape index (κ1) is 60.0. The summed E-state index contributed by atoms with van der Waals surface area (Å²) in [5, 5.41) is 7.79. The average molecular weight is 1090 g/mol. The standard InChI is InChI=1S/C54H67F15N2O4/c1-33(2)11-10-12-34(3)42-24-25-43-41-23-14-35-31-40(26-28-46(35,4)44(41)27-29-47(42,43)5)75-45(72)13-8-6-7-9-30-73-38-19-15-36(16-20-38)70-71-37-17-21-39(22-18-37)74-32-48(55,56)49(57,58)50(59,60)51(61,62)52(63,64)53(65,66)54(67,68)69/h14-22,33-34,40-44H,6-13,23-32H2,1-5H3/t34-,40+,41+,42-,43+,44+,46+,47-/m1/s1. The van der Waals surface area contributed by atoms with Crippen LogP contribution in [0.2, 0.25) is 0 Å². The number of esters is 1. The van der Waals surface area contributed by atoms with Gasteiger partial charge in [0.25, 0.3) is 0 Å². The van der Waals surface area contributed by atoms with Crippen LogP contribution >= 0.6 is 0 Å². The number of alkyl halides is 15. The fourth-order valence-corrected chi connectivity index (χ4v) is 12.5. The minimum Gasteiger partial charge on any atom is -0.494 e. The van der Waals surface area contributed by atoms with Crippen LogP contribution in [0.3, 0.4) is 0 Å². The van der Waals surface area contributed by atoms with Crippen LogP contribution in [0.25, 0.3) is 0 Å². The van der Waals surface area contributed by atoms with Gasteiger partial charge in [-0.15, -0.1) is 0 Å². The van der Waals surface area contributed by atoms with E-state index in [1.165, 1.54) is 62.7 Å². The Bertz CT molecular complexity index is 2290. The van der Waals surface area contributed by atoms with Crippen molar-refractivity contribution in [2.24, 2.45) is 56.6 Å². The van der Waals surface area contributed by atoms with E-state index in [1.807, 2.05) is 0 Å². The number of hydrogen-bond donors (Lipinski definition) is 0. The quantitative estimate of drug-likeness (QED) is 0.0345. The Labute approximate surface area is 428 Å². The highest BCUT2D eigenvalue weighted by molar-refractivity contribution is 5.69. The van der Waals surface area contributed by atoms with Crippen LogP contribution < -0.4 is 9.47 Å². The second kappa shape index (κ2) is 22.6. The molecule has 0 radical (unpaired) electrons. The number of allylic oxidation sites excluding steroid dienone is 1. The molecule has 0 amide bonds. The third-order valence-electron chi connectivity index (χ3n) is 16.9. The molecule has 0 bridgehead atoms. The van der Waals surface area contributed by atoms with Crippen molar-refractivity contribution in [2.45, 2.75) is 185 Å². The summed E-state index contributed by atoms with van der Waals surface area (Å²) in [6.45, 7) is 9.71. The first-order valence-electron chi connectivity index (χ1n) is 25.8. The maximum Gasteiger partial charge on any atom is 0.460 e. The average Bonchev–Trinajstić information content (AvgIpc) is 3.69. The van der Waals surface area contributed by atoms with E-state index >= 15 is 0 Å². The van der Waals surface area contributed by atoms with E-state index in [4.69, 9.17) is 9.47 Å². The smallest absolute Gasteiger partial charge is 0.460 e. The van der Waals surface area contributed by atoms with Crippen LogP contribution in [0.15, 0.2) is 70.4 Å². The van der Waals surface area contributed by atoms with E-state index in [2.05, 4.69) is 55.7 Å². The number of rotatable bonds is 24. The van der Waals surface area contributed by atoms with Crippen molar-refractivity contribution in [3.63, 3.8) is 0 Å². The van der Waals surface area contributed by atoms with Crippen LogP contribution in [0.5, 0.6) is 11.5 Å². The molecule has 0 heterocycles. The van der Waals surface area contributed by atoms with Gasteiger partial charge in [-0.25, -0.2) is 0 Å². The van der Waals surface area contributed by atoms with Gasteiger partial charge in [-0.3, -0.25) is 4.79 Å². The monoisotopic (exact) mass is 1090 g/mol. The Balaban J connectivity index is 0.870. The van der Waals surface area contributed by atoms with Crippen molar-refractivity contribution < 1.29 is 84.9 Å². The minimum atomic E-state index is -8.37. The Morgan fingerprint density at radius 3 is 1.77 bits per heavy atom. The van der Waals surface area contributed by atoms with Crippen LogP contribution in [0.4, 0.5) is 77.2 Å². The third-order valence-corrected chi connectivity index (χ3v) is 16.9. The first-order chi connectivity index (χ1) is 34.7. The lowest BCUT2D eigenvalue weighted by Gasteiger charge is -2.58. The topological polar surface area (TPSA) is 69.5 Å². The van der Waals surface area contributed by atoms with E-state index in [-0.39, 0.29) is 23.2 Å². The highest BCUT2D eigenvalue weighted by atomic mass is 19.4. The summed E-state index contributed by atoms with van der Waals surface area (Å²) in [7, 11) is 0. The molecule has 0 aromatic heterocycles. The lowest BCUT2D eigenvalue weighted by atomic mass is 9.47. The van der Waals surface area contributed by atoms with Crippen molar-refractivity contribution in [3.8, 4) is 11.5 Å². The minimum absolute atomic E-state index is 0.0235. The van der Waals surface area contributed by atoms with Crippen LogP contribution in [0, 0.1) is 46.3 Å². The van der Waals surface area contributed by atoms with E-state index in [0.29, 0.717) is 42.2 Å². The van der Waals surface area contributed by atoms with Crippen molar-refractivity contribution in [3.05, 3.63) is 60.2 Å². The van der Waals surface area contributed by atoms with Gasteiger partial charge in [-0.05, 0) is 153 Å². The highest BCUT2D eigenvalue weighted by Gasteiger charge is 2.93. The van der Waals surface area contributed by atoms with Gasteiger partial charge in [0.2, 0.25) is 0 Å². The van der Waals surface area contributed by atoms with Crippen LogP contribution in [0.1, 0.15) is 137 Å². The number of nitrogens with zero attached hydrogens (tertiary/aromatic N) is 2. The zero-order valence-electron chi connectivity index (χ0n) is 42.7. The van der Waals surface area contributed by atoms with Crippen LogP contribution in [-0.4, -0.2) is 67.0 Å². The van der Waals surface area contributed by atoms with Gasteiger partial charge in [0.15, 0.2) is 6.61 Å². The molecular weight excluding hydrogens is 1030 g/mol. The molecule has 2 aromatic rings. The molecule has 0 N–H and O–H groups in total. The fourth-order valence-electron chi connectivity index (χ4n) is 12.5. The van der Waals surface area contributed by atoms with Gasteiger partial charge in [-0.2, -0.15) is 76.1 Å². The summed E-state index contributed by atoms with van der Waals surface area (Å²) in [5.41, 5.74) is 2.39. The summed E-state index contributed by atoms with van der Waals surface area (Å²) in [5.74, 6) is -43.0. The van der Waals surface area contributed by atoms with E-state index < -0.39 is 54.1 Å². The first-order valence-corrected chi connectivity index (χ1v) is 25.8. The maximum atomic E-state index is 14.2. The molecule has 8 atom stereocenters. The Morgan fingerprint density at radius 1 is 0.627 bits per heavy atom. The second-order valence-corrected chi connectivity index (χ2v) is 22.2. The fraction of sp³-hybridized carbons (Fsp3) is 0.722. The van der Waals surface area contributed by atoms with E-state index in [0.717, 1.165) is 98.8 Å². The molecule has 0 saturated heterocycles. The Morgan fingerprint density at radius 2 is 1.19 bits per heavy atom. The molecule has 21 heteroatoms. The van der Waals surface area contributed by atoms with Gasteiger partial charge in [0, 0.05) is 12.8 Å². The number of fused-ring (bicyclic) bond motifs is 5. The number of benzene rings is 2. The summed E-state index contributed by atoms with van der Waals surface area (Å²) in [6, 6.07) is 9.71. The summed E-state index contributed by atoms with van der Waals surface area (Å²) < 4.78 is 218. The molecule has 6 rings (SSSR count). The normalized spacial score (nSPS) is 26.4. The molecule has 3 saturated carbocycles. The lowest BCUT2D eigenvalue weighted by molar-refractivity contribution is -0.453. The van der Waals surface area contributed by atoms with Gasteiger partial charge >= 0.3 is 47.7 Å². The zero-order valence-corrected chi connectivity index (χ0v) is 42.7. The molecule has 0 unspecified atom stereocenters. The van der Waals surface area contributed by atoms with Gasteiger partial charge in [0.1, 0.15) is 17.6 Å². The molecule has 0 spiro atoms. The third kappa shape index (κ3) is 12.1. The molecule has 75 heavy (non-hydrogen) atoms. The molecule has 422 valence electrons. The van der Waals surface area contributed by atoms with E-state index in [9.17, 15) is 70.7 Å². The molecule has 6 nitrogen and oxygen atoms in total. The van der Waals surface area contributed by atoms with Crippen molar-refractivity contribution in [2.75, 3.05) is 13.2 Å². The van der Waals surface area contributed by atoms with Gasteiger partial charge < -0.3 is 14.2 Å². The number of ether oxygens (including phenoxy) is 3. The summed E-state index contributed by atoms with van der Waals surface area (Å²) in [4.78, 5) is 12.9.